The Morgan fingerprint density at radius 1 is 1.11 bits per heavy atom. The molecular formula is C24H37N5O6S. The van der Waals surface area contributed by atoms with Gasteiger partial charge in [-0.1, -0.05) is 19.3 Å². The quantitative estimate of drug-likeness (QED) is 0.498. The number of ether oxygens (including phenoxy) is 2. The van der Waals surface area contributed by atoms with E-state index in [0.29, 0.717) is 56.8 Å². The molecule has 1 N–H and O–H groups in total. The topological polar surface area (TPSA) is 121 Å². The van der Waals surface area contributed by atoms with Crippen molar-refractivity contribution in [2.75, 3.05) is 64.9 Å². The molecule has 200 valence electrons. The first-order valence-electron chi connectivity index (χ1n) is 12.6. The molecule has 1 saturated heterocycles. The number of amides is 4. The van der Waals surface area contributed by atoms with Crippen LogP contribution in [0.5, 0.6) is 0 Å². The SMILES string of the molecule is CCOC(=O)N1CCN(C(=O)Cc2csc(NC(=O)CN(CCOC)C(=O)C3CCCCC3)n2)CC1. The number of rotatable bonds is 10. The fourth-order valence-corrected chi connectivity index (χ4v) is 5.20. The van der Waals surface area contributed by atoms with Crippen molar-refractivity contribution in [1.82, 2.24) is 19.7 Å². The molecule has 11 nitrogen and oxygen atoms in total. The molecule has 0 aromatic carbocycles. The van der Waals surface area contributed by atoms with Crippen LogP contribution in [0.3, 0.4) is 0 Å². The van der Waals surface area contributed by atoms with Gasteiger partial charge in [-0.3, -0.25) is 14.4 Å². The average Bonchev–Trinajstić information content (AvgIpc) is 3.33. The Hall–Kier alpha value is -2.73. The molecule has 0 radical (unpaired) electrons. The molecule has 0 atom stereocenters. The molecule has 0 bridgehead atoms. The molecule has 2 fully saturated rings. The smallest absolute Gasteiger partial charge is 0.409 e. The highest BCUT2D eigenvalue weighted by Gasteiger charge is 2.28. The lowest BCUT2D eigenvalue weighted by Crippen LogP contribution is -2.51. The van der Waals surface area contributed by atoms with Crippen LogP contribution in [0.4, 0.5) is 9.93 Å². The zero-order chi connectivity index (χ0) is 25.9. The van der Waals surface area contributed by atoms with Crippen molar-refractivity contribution < 1.29 is 28.7 Å². The first-order chi connectivity index (χ1) is 17.4. The van der Waals surface area contributed by atoms with Crippen LogP contribution in [0.1, 0.15) is 44.7 Å². The maximum absolute atomic E-state index is 13.0. The van der Waals surface area contributed by atoms with Crippen molar-refractivity contribution in [3.8, 4) is 0 Å². The normalized spacial score (nSPS) is 16.5. The standard InChI is InChI=1S/C24H37N5O6S/c1-3-35-24(33)28-11-9-27(10-12-28)21(31)15-19-17-36-23(25-19)26-20(30)16-29(13-14-34-2)22(32)18-7-5-4-6-8-18/h17-18H,3-16H2,1-2H3,(H,25,26,30). The van der Waals surface area contributed by atoms with E-state index in [1.807, 2.05) is 0 Å². The Balaban J connectivity index is 1.47. The lowest BCUT2D eigenvalue weighted by molar-refractivity contribution is -0.140. The Kier molecular flexibility index (Phi) is 10.9. The van der Waals surface area contributed by atoms with Crippen LogP contribution in [0.15, 0.2) is 5.38 Å². The largest absolute Gasteiger partial charge is 0.450 e. The van der Waals surface area contributed by atoms with E-state index in [-0.39, 0.29) is 42.7 Å². The second kappa shape index (κ2) is 14.1. The third-order valence-electron chi connectivity index (χ3n) is 6.45. The van der Waals surface area contributed by atoms with Gasteiger partial charge in [0.25, 0.3) is 0 Å². The second-order valence-electron chi connectivity index (χ2n) is 9.02. The van der Waals surface area contributed by atoms with Gasteiger partial charge in [0, 0.05) is 51.1 Å². The predicted molar refractivity (Wildman–Crippen MR) is 135 cm³/mol. The number of hydrogen-bond donors (Lipinski definition) is 1. The van der Waals surface area contributed by atoms with Gasteiger partial charge in [-0.05, 0) is 19.8 Å². The summed E-state index contributed by atoms with van der Waals surface area (Å²) in [6.07, 6.45) is 4.74. The van der Waals surface area contributed by atoms with Crippen LogP contribution in [0.2, 0.25) is 0 Å². The first kappa shape index (κ1) is 27.9. The fourth-order valence-electron chi connectivity index (χ4n) is 4.47. The zero-order valence-corrected chi connectivity index (χ0v) is 22.0. The molecular weight excluding hydrogens is 486 g/mol. The summed E-state index contributed by atoms with van der Waals surface area (Å²) < 4.78 is 10.1. The van der Waals surface area contributed by atoms with Crippen LogP contribution in [-0.4, -0.2) is 103 Å². The van der Waals surface area contributed by atoms with Crippen molar-refractivity contribution in [3.63, 3.8) is 0 Å². The minimum absolute atomic E-state index is 0.00961. The molecule has 4 amide bonds. The molecule has 2 aliphatic rings. The monoisotopic (exact) mass is 523 g/mol. The van der Waals surface area contributed by atoms with Gasteiger partial charge in [0.2, 0.25) is 17.7 Å². The molecule has 1 saturated carbocycles. The molecule has 0 spiro atoms. The number of carbonyl (C=O) groups excluding carboxylic acids is 4. The molecule has 1 aliphatic heterocycles. The number of carbonyl (C=O) groups is 4. The van der Waals surface area contributed by atoms with Gasteiger partial charge in [0.05, 0.1) is 25.3 Å². The Morgan fingerprint density at radius 3 is 2.47 bits per heavy atom. The third-order valence-corrected chi connectivity index (χ3v) is 7.26. The Labute approximate surface area is 216 Å². The predicted octanol–water partition coefficient (Wildman–Crippen LogP) is 1.98. The van der Waals surface area contributed by atoms with Crippen molar-refractivity contribution >= 4 is 40.3 Å². The van der Waals surface area contributed by atoms with Gasteiger partial charge < -0.3 is 29.5 Å². The first-order valence-corrected chi connectivity index (χ1v) is 13.5. The van der Waals surface area contributed by atoms with Crippen LogP contribution in [0, 0.1) is 5.92 Å². The molecule has 3 rings (SSSR count). The maximum Gasteiger partial charge on any atom is 0.409 e. The highest BCUT2D eigenvalue weighted by Crippen LogP contribution is 2.25. The van der Waals surface area contributed by atoms with Crippen LogP contribution >= 0.6 is 11.3 Å². The van der Waals surface area contributed by atoms with E-state index in [1.165, 1.54) is 11.3 Å². The van der Waals surface area contributed by atoms with E-state index >= 15 is 0 Å². The van der Waals surface area contributed by atoms with Crippen LogP contribution in [0.25, 0.3) is 0 Å². The lowest BCUT2D eigenvalue weighted by Gasteiger charge is -2.34. The van der Waals surface area contributed by atoms with Crippen molar-refractivity contribution in [1.29, 1.82) is 0 Å². The lowest BCUT2D eigenvalue weighted by atomic mass is 9.88. The van der Waals surface area contributed by atoms with E-state index in [1.54, 1.807) is 34.1 Å². The molecule has 12 heteroatoms. The molecule has 2 heterocycles. The summed E-state index contributed by atoms with van der Waals surface area (Å²) in [7, 11) is 1.57. The van der Waals surface area contributed by atoms with Gasteiger partial charge in [-0.25, -0.2) is 9.78 Å². The summed E-state index contributed by atoms with van der Waals surface area (Å²) in [6, 6.07) is 0. The number of nitrogens with zero attached hydrogens (tertiary/aromatic N) is 4. The van der Waals surface area contributed by atoms with Crippen molar-refractivity contribution in [3.05, 3.63) is 11.1 Å². The van der Waals surface area contributed by atoms with Crippen LogP contribution in [-0.2, 0) is 30.3 Å². The molecule has 1 aliphatic carbocycles. The number of methoxy groups -OCH3 is 1. The fraction of sp³-hybridized carbons (Fsp3) is 0.708. The average molecular weight is 524 g/mol. The highest BCUT2D eigenvalue weighted by molar-refractivity contribution is 7.13. The molecule has 0 unspecified atom stereocenters. The number of thiazole rings is 1. The van der Waals surface area contributed by atoms with Gasteiger partial charge in [0.15, 0.2) is 5.13 Å². The third kappa shape index (κ3) is 8.16. The molecule has 1 aromatic heterocycles. The van der Waals surface area contributed by atoms with E-state index in [4.69, 9.17) is 9.47 Å². The Bertz CT molecular complexity index is 895. The highest BCUT2D eigenvalue weighted by atomic mass is 32.1. The Morgan fingerprint density at radius 2 is 1.81 bits per heavy atom. The maximum atomic E-state index is 13.0. The summed E-state index contributed by atoms with van der Waals surface area (Å²) in [5.41, 5.74) is 0.572. The van der Waals surface area contributed by atoms with Gasteiger partial charge in [-0.2, -0.15) is 0 Å². The van der Waals surface area contributed by atoms with Crippen molar-refractivity contribution in [2.45, 2.75) is 45.4 Å². The van der Waals surface area contributed by atoms with E-state index in [9.17, 15) is 19.2 Å². The van der Waals surface area contributed by atoms with Crippen molar-refractivity contribution in [2.24, 2.45) is 5.92 Å². The number of anilines is 1. The summed E-state index contributed by atoms with van der Waals surface area (Å²) in [4.78, 5) is 59.4. The summed E-state index contributed by atoms with van der Waals surface area (Å²) in [5.74, 6) is -0.418. The van der Waals surface area contributed by atoms with E-state index in [2.05, 4.69) is 10.3 Å². The minimum atomic E-state index is -0.356. The van der Waals surface area contributed by atoms with Gasteiger partial charge >= 0.3 is 6.09 Å². The summed E-state index contributed by atoms with van der Waals surface area (Å²) in [6.45, 7) is 4.50. The van der Waals surface area contributed by atoms with Gasteiger partial charge in [-0.15, -0.1) is 11.3 Å². The summed E-state index contributed by atoms with van der Waals surface area (Å²) >= 11 is 1.25. The minimum Gasteiger partial charge on any atom is -0.450 e. The number of aromatic nitrogens is 1. The molecule has 1 aromatic rings. The summed E-state index contributed by atoms with van der Waals surface area (Å²) in [5, 5.41) is 4.90. The van der Waals surface area contributed by atoms with E-state index < -0.39 is 0 Å². The zero-order valence-electron chi connectivity index (χ0n) is 21.2. The number of piperazine rings is 1. The molecule has 36 heavy (non-hydrogen) atoms. The number of nitrogens with one attached hydrogen (secondary N) is 1. The second-order valence-corrected chi connectivity index (χ2v) is 9.88. The van der Waals surface area contributed by atoms with Crippen LogP contribution < -0.4 is 5.32 Å². The van der Waals surface area contributed by atoms with Gasteiger partial charge in [0.1, 0.15) is 6.54 Å². The van der Waals surface area contributed by atoms with E-state index in [0.717, 1.165) is 32.1 Å². The number of hydrogen-bond acceptors (Lipinski definition) is 8.